The third-order valence-electron chi connectivity index (χ3n) is 5.49. The maximum Gasteiger partial charge on any atom is 0.174 e. The van der Waals surface area contributed by atoms with Crippen molar-refractivity contribution in [2.24, 2.45) is 0 Å². The number of benzene rings is 4. The van der Waals surface area contributed by atoms with E-state index in [0.29, 0.717) is 11.4 Å². The van der Waals surface area contributed by atoms with E-state index in [-0.39, 0.29) is 46.0 Å². The van der Waals surface area contributed by atoms with Crippen LogP contribution in [-0.2, 0) is 5.75 Å². The molecule has 4 aromatic carbocycles. The second kappa shape index (κ2) is 6.00. The first-order valence-corrected chi connectivity index (χ1v) is 10.4. The Morgan fingerprint density at radius 1 is 0.800 bits per heavy atom. The van der Waals surface area contributed by atoms with Gasteiger partial charge in [-0.1, -0.05) is 66.2 Å². The third-order valence-corrected chi connectivity index (χ3v) is 6.47. The zero-order chi connectivity index (χ0) is 26.6. The molecular formula is C26H17N3S. The van der Waals surface area contributed by atoms with Crippen LogP contribution in [0.4, 0.5) is 0 Å². The molecule has 2 aromatic heterocycles. The van der Waals surface area contributed by atoms with E-state index in [9.17, 15) is 0 Å². The lowest BCUT2D eigenvalue weighted by Crippen LogP contribution is -2.07. The molecule has 3 nitrogen and oxygen atoms in total. The summed E-state index contributed by atoms with van der Waals surface area (Å²) in [5, 5.41) is 0.974. The monoisotopic (exact) mass is 411 g/mol. The molecule has 3 heterocycles. The quantitative estimate of drug-likeness (QED) is 0.299. The molecule has 30 heavy (non-hydrogen) atoms. The van der Waals surface area contributed by atoms with Gasteiger partial charge in [0.1, 0.15) is 0 Å². The van der Waals surface area contributed by atoms with Gasteiger partial charge in [-0.2, -0.15) is 0 Å². The molecule has 142 valence electrons. The normalized spacial score (nSPS) is 16.8. The average Bonchev–Trinajstić information content (AvgIpc) is 3.49. The molecule has 0 amide bonds. The van der Waals surface area contributed by atoms with Crippen molar-refractivity contribution in [1.82, 2.24) is 14.1 Å². The Morgan fingerprint density at radius 3 is 2.33 bits per heavy atom. The summed E-state index contributed by atoms with van der Waals surface area (Å²) in [6, 6.07) is 10.4. The fraction of sp³-hybridized carbons (Fsp3) is 0.0385. The highest BCUT2D eigenvalue weighted by Gasteiger charge is 2.22. The Hall–Kier alpha value is -3.50. The van der Waals surface area contributed by atoms with Gasteiger partial charge in [0.05, 0.1) is 38.7 Å². The highest BCUT2D eigenvalue weighted by Crippen LogP contribution is 2.39. The van der Waals surface area contributed by atoms with Crippen LogP contribution in [0.5, 0.6) is 0 Å². The maximum atomic E-state index is 8.74. The van der Waals surface area contributed by atoms with Crippen molar-refractivity contribution < 1.29 is 11.0 Å². The number of aromatic nitrogens is 3. The first kappa shape index (κ1) is 10.5. The summed E-state index contributed by atoms with van der Waals surface area (Å²) in [6.45, 7) is 0. The van der Waals surface area contributed by atoms with Crippen LogP contribution in [0.25, 0.3) is 44.2 Å². The number of thioether (sulfide) groups is 1. The summed E-state index contributed by atoms with van der Waals surface area (Å²) in [4.78, 5) is 4.76. The smallest absolute Gasteiger partial charge is 0.174 e. The summed E-state index contributed by atoms with van der Waals surface area (Å²) < 4.78 is 71.4. The molecule has 7 rings (SSSR count). The summed E-state index contributed by atoms with van der Waals surface area (Å²) >= 11 is 1.63. The topological polar surface area (TPSA) is 22.8 Å². The van der Waals surface area contributed by atoms with Crippen molar-refractivity contribution in [3.63, 3.8) is 0 Å². The zero-order valence-corrected chi connectivity index (χ0v) is 16.3. The second-order valence-corrected chi connectivity index (χ2v) is 8.05. The fourth-order valence-electron chi connectivity index (χ4n) is 4.18. The number of para-hydroxylation sites is 4. The molecule has 0 bridgehead atoms. The van der Waals surface area contributed by atoms with Crippen LogP contribution in [0.15, 0.2) is 96.0 Å². The van der Waals surface area contributed by atoms with E-state index in [1.54, 1.807) is 16.3 Å². The van der Waals surface area contributed by atoms with Crippen LogP contribution in [0, 0.1) is 0 Å². The lowest BCUT2D eigenvalue weighted by atomic mass is 10.1. The molecule has 0 unspecified atom stereocenters. The van der Waals surface area contributed by atoms with Crippen LogP contribution in [0.1, 0.15) is 16.5 Å². The lowest BCUT2D eigenvalue weighted by Gasteiger charge is -2.20. The van der Waals surface area contributed by atoms with E-state index in [4.69, 9.17) is 16.0 Å². The zero-order valence-electron chi connectivity index (χ0n) is 23.5. The lowest BCUT2D eigenvalue weighted by molar-refractivity contribution is 0.892. The van der Waals surface area contributed by atoms with Gasteiger partial charge in [-0.3, -0.25) is 4.57 Å². The minimum Gasteiger partial charge on any atom is -0.309 e. The van der Waals surface area contributed by atoms with Gasteiger partial charge in [-0.25, -0.2) is 4.98 Å². The van der Waals surface area contributed by atoms with Gasteiger partial charge in [0, 0.05) is 22.2 Å². The number of hydrogen-bond donors (Lipinski definition) is 0. The number of imidazole rings is 1. The third kappa shape index (κ3) is 2.14. The molecule has 0 saturated heterocycles. The standard InChI is InChI=1S/C26H17N3S/c1-4-10-22-19(7-1)20-8-2-5-11-23(20)28(22)18-14-13-17-16-30-26-27-21-9-3-6-12-24(21)29(26)25(17)15-18/h1-15H,16H2/i1D,2D,4D,5D,7D,8D,10D,11D. The van der Waals surface area contributed by atoms with Crippen LogP contribution in [0.2, 0.25) is 0 Å². The molecule has 0 fully saturated rings. The van der Waals surface area contributed by atoms with E-state index < -0.39 is 24.2 Å². The van der Waals surface area contributed by atoms with E-state index in [0.717, 1.165) is 27.4 Å². The predicted octanol–water partition coefficient (Wildman–Crippen LogP) is 6.73. The Morgan fingerprint density at radius 2 is 1.53 bits per heavy atom. The van der Waals surface area contributed by atoms with E-state index in [1.807, 2.05) is 42.5 Å². The summed E-state index contributed by atoms with van der Waals surface area (Å²) in [5.41, 5.74) is 4.44. The van der Waals surface area contributed by atoms with Crippen LogP contribution >= 0.6 is 11.8 Å². The highest BCUT2D eigenvalue weighted by atomic mass is 32.2. The first-order chi connectivity index (χ1) is 18.2. The molecule has 0 aliphatic carbocycles. The van der Waals surface area contributed by atoms with E-state index >= 15 is 0 Å². The molecular weight excluding hydrogens is 386 g/mol. The van der Waals surface area contributed by atoms with Gasteiger partial charge in [-0.15, -0.1) is 0 Å². The van der Waals surface area contributed by atoms with Crippen molar-refractivity contribution in [2.75, 3.05) is 0 Å². The summed E-state index contributed by atoms with van der Waals surface area (Å²) in [6.07, 6.45) is 0. The molecule has 4 heteroatoms. The molecule has 0 spiro atoms. The van der Waals surface area contributed by atoms with Gasteiger partial charge >= 0.3 is 0 Å². The van der Waals surface area contributed by atoms with Gasteiger partial charge in [0.25, 0.3) is 0 Å². The summed E-state index contributed by atoms with van der Waals surface area (Å²) in [7, 11) is 0. The molecule has 6 aromatic rings. The number of hydrogen-bond acceptors (Lipinski definition) is 2. The van der Waals surface area contributed by atoms with Crippen molar-refractivity contribution in [3.05, 3.63) is 96.4 Å². The van der Waals surface area contributed by atoms with Gasteiger partial charge in [-0.05, 0) is 41.9 Å². The van der Waals surface area contributed by atoms with E-state index in [1.165, 1.54) is 0 Å². The molecule has 1 aliphatic rings. The minimum absolute atomic E-state index is 0.0695. The Labute approximate surface area is 188 Å². The van der Waals surface area contributed by atoms with Gasteiger partial charge < -0.3 is 4.57 Å². The van der Waals surface area contributed by atoms with E-state index in [2.05, 4.69) is 4.57 Å². The van der Waals surface area contributed by atoms with Crippen molar-refractivity contribution >= 4 is 44.6 Å². The first-order valence-electron chi connectivity index (χ1n) is 13.5. The molecule has 0 radical (unpaired) electrons. The van der Waals surface area contributed by atoms with Crippen molar-refractivity contribution in [2.45, 2.75) is 10.9 Å². The maximum absolute atomic E-state index is 8.74. The van der Waals surface area contributed by atoms with Crippen LogP contribution < -0.4 is 0 Å². The Bertz CT molecular complexity index is 1950. The molecule has 0 saturated carbocycles. The van der Waals surface area contributed by atoms with Crippen LogP contribution in [-0.4, -0.2) is 14.1 Å². The average molecular weight is 412 g/mol. The summed E-state index contributed by atoms with van der Waals surface area (Å²) in [5.74, 6) is 0.700. The Balaban J connectivity index is 1.66. The fourth-order valence-corrected chi connectivity index (χ4v) is 5.19. The molecule has 0 N–H and O–H groups in total. The number of fused-ring (bicyclic) bond motifs is 8. The number of rotatable bonds is 1. The van der Waals surface area contributed by atoms with Crippen molar-refractivity contribution in [3.8, 4) is 11.4 Å². The molecule has 1 aliphatic heterocycles. The highest BCUT2D eigenvalue weighted by molar-refractivity contribution is 7.98. The molecule has 0 atom stereocenters. The number of nitrogens with zero attached hydrogens (tertiary/aromatic N) is 3. The second-order valence-electron chi connectivity index (χ2n) is 7.10. The van der Waals surface area contributed by atoms with Gasteiger partial charge in [0.15, 0.2) is 5.16 Å². The predicted molar refractivity (Wildman–Crippen MR) is 125 cm³/mol. The minimum atomic E-state index is -0.453. The Kier molecular flexibility index (Phi) is 2.10. The van der Waals surface area contributed by atoms with Crippen molar-refractivity contribution in [1.29, 1.82) is 0 Å². The largest absolute Gasteiger partial charge is 0.309 e. The van der Waals surface area contributed by atoms with Gasteiger partial charge in [0.2, 0.25) is 0 Å². The SMILES string of the molecule is [2H]c1c([2H])c([2H])c2c(c1[2H])c1c([2H])c([2H])c([2H])c([2H])c1n2-c1ccc2c(c1)-n1c(nc3ccccc31)SC2. The van der Waals surface area contributed by atoms with Crippen LogP contribution in [0.3, 0.4) is 0 Å².